The summed E-state index contributed by atoms with van der Waals surface area (Å²) >= 11 is 0. The summed E-state index contributed by atoms with van der Waals surface area (Å²) < 4.78 is 21.7. The smallest absolute Gasteiger partial charge is 0.261 e. The van der Waals surface area contributed by atoms with Crippen molar-refractivity contribution in [1.82, 2.24) is 4.90 Å². The van der Waals surface area contributed by atoms with E-state index in [2.05, 4.69) is 5.32 Å². The van der Waals surface area contributed by atoms with Crippen molar-refractivity contribution in [2.45, 2.75) is 13.1 Å². The summed E-state index contributed by atoms with van der Waals surface area (Å²) in [6.07, 6.45) is 0. The number of anilines is 1. The van der Waals surface area contributed by atoms with Crippen LogP contribution in [0.2, 0.25) is 0 Å². The number of carbonyl (C=O) groups excluding carboxylic acids is 2. The van der Waals surface area contributed by atoms with Crippen LogP contribution in [-0.4, -0.2) is 44.7 Å². The maximum atomic E-state index is 12.8. The number of hydrogen-bond acceptors (Lipinski definition) is 6. The Kier molecular flexibility index (Phi) is 6.87. The molecule has 1 heterocycles. The Morgan fingerprint density at radius 2 is 1.76 bits per heavy atom. The predicted molar refractivity (Wildman–Crippen MR) is 127 cm³/mol. The molecule has 34 heavy (non-hydrogen) atoms. The van der Waals surface area contributed by atoms with Gasteiger partial charge in [-0.2, -0.15) is 0 Å². The van der Waals surface area contributed by atoms with E-state index in [0.717, 1.165) is 11.1 Å². The standard InChI is InChI=1S/C26H26N2O6/c1-31-21-6-4-5-17(12-21)26(30)27-20-8-10-23-19(11-20)15-28(25(29)16-34-23)14-18-7-9-22(32-2)13-24(18)33-3/h4-13H,14-16H2,1-3H3,(H,27,30). The van der Waals surface area contributed by atoms with E-state index in [1.165, 1.54) is 0 Å². The molecule has 0 saturated heterocycles. The quantitative estimate of drug-likeness (QED) is 0.574. The second-order valence-electron chi connectivity index (χ2n) is 7.72. The second kappa shape index (κ2) is 10.2. The molecular weight excluding hydrogens is 436 g/mol. The summed E-state index contributed by atoms with van der Waals surface area (Å²) in [6, 6.07) is 17.8. The molecule has 0 unspecified atom stereocenters. The van der Waals surface area contributed by atoms with Crippen LogP contribution in [0.1, 0.15) is 21.5 Å². The summed E-state index contributed by atoms with van der Waals surface area (Å²) in [5.41, 5.74) is 2.73. The maximum Gasteiger partial charge on any atom is 0.261 e. The van der Waals surface area contributed by atoms with Gasteiger partial charge in [0.1, 0.15) is 23.0 Å². The van der Waals surface area contributed by atoms with Crippen molar-refractivity contribution < 1.29 is 28.5 Å². The average molecular weight is 463 g/mol. The first-order valence-corrected chi connectivity index (χ1v) is 10.7. The van der Waals surface area contributed by atoms with Crippen LogP contribution in [0.25, 0.3) is 0 Å². The molecule has 3 aromatic carbocycles. The first-order valence-electron chi connectivity index (χ1n) is 10.7. The molecule has 0 fully saturated rings. The van der Waals surface area contributed by atoms with Gasteiger partial charge in [0.05, 0.1) is 21.3 Å². The van der Waals surface area contributed by atoms with E-state index in [0.29, 0.717) is 47.3 Å². The SMILES string of the molecule is COc1cccc(C(=O)Nc2ccc3c(c2)CN(Cc2ccc(OC)cc2OC)C(=O)CO3)c1. The first kappa shape index (κ1) is 23.0. The number of nitrogens with zero attached hydrogens (tertiary/aromatic N) is 1. The summed E-state index contributed by atoms with van der Waals surface area (Å²) in [4.78, 5) is 27.2. The molecule has 0 radical (unpaired) electrons. The number of hydrogen-bond donors (Lipinski definition) is 1. The molecule has 1 N–H and O–H groups in total. The van der Waals surface area contributed by atoms with E-state index >= 15 is 0 Å². The van der Waals surface area contributed by atoms with Crippen LogP contribution < -0.4 is 24.3 Å². The zero-order chi connectivity index (χ0) is 24.1. The van der Waals surface area contributed by atoms with Crippen LogP contribution in [0, 0.1) is 0 Å². The Bertz CT molecular complexity index is 1210. The molecule has 8 nitrogen and oxygen atoms in total. The Morgan fingerprint density at radius 1 is 0.971 bits per heavy atom. The van der Waals surface area contributed by atoms with Crippen molar-refractivity contribution in [3.05, 3.63) is 77.4 Å². The molecule has 2 amide bonds. The van der Waals surface area contributed by atoms with Gasteiger partial charge in [0.2, 0.25) is 0 Å². The lowest BCUT2D eigenvalue weighted by Crippen LogP contribution is -2.32. The number of amides is 2. The molecule has 1 aliphatic heterocycles. The normalized spacial score (nSPS) is 12.8. The summed E-state index contributed by atoms with van der Waals surface area (Å²) in [6.45, 7) is 0.600. The second-order valence-corrected chi connectivity index (χ2v) is 7.72. The number of nitrogens with one attached hydrogen (secondary N) is 1. The highest BCUT2D eigenvalue weighted by molar-refractivity contribution is 6.04. The topological polar surface area (TPSA) is 86.3 Å². The summed E-state index contributed by atoms with van der Waals surface area (Å²) in [7, 11) is 4.72. The Hall–Kier alpha value is -4.20. The molecule has 0 aromatic heterocycles. The van der Waals surface area contributed by atoms with Crippen molar-refractivity contribution in [2.24, 2.45) is 0 Å². The number of ether oxygens (including phenoxy) is 4. The Balaban J connectivity index is 1.54. The van der Waals surface area contributed by atoms with Gasteiger partial charge in [0.25, 0.3) is 11.8 Å². The largest absolute Gasteiger partial charge is 0.497 e. The monoisotopic (exact) mass is 462 g/mol. The van der Waals surface area contributed by atoms with Crippen LogP contribution in [-0.2, 0) is 17.9 Å². The zero-order valence-electron chi connectivity index (χ0n) is 19.3. The molecule has 0 atom stereocenters. The molecular formula is C26H26N2O6. The third-order valence-electron chi connectivity index (χ3n) is 5.57. The summed E-state index contributed by atoms with van der Waals surface area (Å²) in [5, 5.41) is 2.90. The van der Waals surface area contributed by atoms with Crippen LogP contribution >= 0.6 is 0 Å². The van der Waals surface area contributed by atoms with Gasteiger partial charge in [0, 0.05) is 41.5 Å². The maximum absolute atomic E-state index is 12.8. The minimum Gasteiger partial charge on any atom is -0.497 e. The van der Waals surface area contributed by atoms with Crippen LogP contribution in [0.3, 0.4) is 0 Å². The highest BCUT2D eigenvalue weighted by Gasteiger charge is 2.23. The number of methoxy groups -OCH3 is 3. The number of rotatable bonds is 7. The molecule has 0 saturated carbocycles. The van der Waals surface area contributed by atoms with E-state index in [1.807, 2.05) is 18.2 Å². The van der Waals surface area contributed by atoms with Gasteiger partial charge >= 0.3 is 0 Å². The van der Waals surface area contributed by atoms with Gasteiger partial charge in [-0.1, -0.05) is 6.07 Å². The van der Waals surface area contributed by atoms with E-state index in [4.69, 9.17) is 18.9 Å². The molecule has 8 heteroatoms. The van der Waals surface area contributed by atoms with E-state index in [-0.39, 0.29) is 18.4 Å². The lowest BCUT2D eigenvalue weighted by atomic mass is 10.1. The lowest BCUT2D eigenvalue weighted by molar-refractivity contribution is -0.133. The highest BCUT2D eigenvalue weighted by Crippen LogP contribution is 2.30. The molecule has 176 valence electrons. The first-order chi connectivity index (χ1) is 16.5. The molecule has 0 aliphatic carbocycles. The van der Waals surface area contributed by atoms with Crippen LogP contribution in [0.4, 0.5) is 5.69 Å². The van der Waals surface area contributed by atoms with E-state index in [9.17, 15) is 9.59 Å². The lowest BCUT2D eigenvalue weighted by Gasteiger charge is -2.22. The van der Waals surface area contributed by atoms with Gasteiger partial charge in [-0.15, -0.1) is 0 Å². The minimum absolute atomic E-state index is 0.0685. The predicted octanol–water partition coefficient (Wildman–Crippen LogP) is 3.89. The Labute approximate surface area is 198 Å². The van der Waals surface area contributed by atoms with Crippen molar-refractivity contribution in [3.8, 4) is 23.0 Å². The molecule has 0 spiro atoms. The molecule has 1 aliphatic rings. The van der Waals surface area contributed by atoms with Crippen molar-refractivity contribution in [1.29, 1.82) is 0 Å². The Morgan fingerprint density at radius 3 is 2.53 bits per heavy atom. The third-order valence-corrected chi connectivity index (χ3v) is 5.57. The zero-order valence-corrected chi connectivity index (χ0v) is 19.3. The third kappa shape index (κ3) is 5.06. The van der Waals surface area contributed by atoms with E-state index < -0.39 is 0 Å². The van der Waals surface area contributed by atoms with Crippen molar-refractivity contribution in [3.63, 3.8) is 0 Å². The highest BCUT2D eigenvalue weighted by atomic mass is 16.5. The number of benzene rings is 3. The molecule has 4 rings (SSSR count). The van der Waals surface area contributed by atoms with Crippen molar-refractivity contribution in [2.75, 3.05) is 33.3 Å². The van der Waals surface area contributed by atoms with Gasteiger partial charge in [-0.25, -0.2) is 0 Å². The van der Waals surface area contributed by atoms with Gasteiger partial charge < -0.3 is 29.2 Å². The number of fused-ring (bicyclic) bond motifs is 1. The molecule has 0 bridgehead atoms. The van der Waals surface area contributed by atoms with Gasteiger partial charge in [0.15, 0.2) is 6.61 Å². The van der Waals surface area contributed by atoms with Crippen LogP contribution in [0.5, 0.6) is 23.0 Å². The van der Waals surface area contributed by atoms with E-state index in [1.54, 1.807) is 68.7 Å². The number of carbonyl (C=O) groups is 2. The van der Waals surface area contributed by atoms with Gasteiger partial charge in [-0.3, -0.25) is 9.59 Å². The van der Waals surface area contributed by atoms with Gasteiger partial charge in [-0.05, 0) is 48.5 Å². The van der Waals surface area contributed by atoms with Crippen molar-refractivity contribution >= 4 is 17.5 Å². The minimum atomic E-state index is -0.260. The average Bonchev–Trinajstić information content (AvgIpc) is 3.02. The van der Waals surface area contributed by atoms with Crippen LogP contribution in [0.15, 0.2) is 60.7 Å². The fourth-order valence-corrected chi connectivity index (χ4v) is 3.75. The fourth-order valence-electron chi connectivity index (χ4n) is 3.75. The fraction of sp³-hybridized carbons (Fsp3) is 0.231. The molecule has 3 aromatic rings. The summed E-state index contributed by atoms with van der Waals surface area (Å²) in [5.74, 6) is 2.12.